The third-order valence-electron chi connectivity index (χ3n) is 3.40. The van der Waals surface area contributed by atoms with E-state index in [1.807, 2.05) is 37.0 Å². The normalized spacial score (nSPS) is 17.3. The second-order valence-corrected chi connectivity index (χ2v) is 4.64. The second-order valence-electron chi connectivity index (χ2n) is 4.64. The van der Waals surface area contributed by atoms with Gasteiger partial charge in [-0.15, -0.1) is 0 Å². The molecule has 0 aliphatic carbocycles. The molecule has 1 saturated heterocycles. The quantitative estimate of drug-likeness (QED) is 0.805. The minimum Gasteiger partial charge on any atom is -0.361 e. The fourth-order valence-corrected chi connectivity index (χ4v) is 2.29. The molecule has 2 aromatic rings. The van der Waals surface area contributed by atoms with E-state index in [4.69, 9.17) is 4.52 Å². The van der Waals surface area contributed by atoms with Crippen molar-refractivity contribution in [1.82, 2.24) is 19.8 Å². The molecule has 0 amide bonds. The minimum absolute atomic E-state index is 0.519. The van der Waals surface area contributed by atoms with Crippen LogP contribution in [0.25, 0.3) is 0 Å². The van der Waals surface area contributed by atoms with Gasteiger partial charge >= 0.3 is 0 Å². The zero-order valence-corrected chi connectivity index (χ0v) is 10.1. The summed E-state index contributed by atoms with van der Waals surface area (Å²) in [6.07, 6.45) is 3.86. The van der Waals surface area contributed by atoms with Gasteiger partial charge in [0.1, 0.15) is 5.76 Å². The van der Waals surface area contributed by atoms with Crippen LogP contribution in [0.1, 0.15) is 23.1 Å². The summed E-state index contributed by atoms with van der Waals surface area (Å²) < 4.78 is 7.20. The van der Waals surface area contributed by atoms with E-state index in [1.54, 1.807) is 0 Å². The summed E-state index contributed by atoms with van der Waals surface area (Å²) in [4.78, 5) is 2.39. The predicted octanol–water partition coefficient (Wildman–Crippen LogP) is 1.54. The lowest BCUT2D eigenvalue weighted by Gasteiger charge is -2.39. The fraction of sp³-hybridized carbons (Fsp3) is 0.500. The van der Waals surface area contributed by atoms with Crippen LogP contribution in [0.15, 0.2) is 23.0 Å². The molecule has 0 spiro atoms. The second kappa shape index (κ2) is 4.00. The first-order valence-electron chi connectivity index (χ1n) is 5.87. The van der Waals surface area contributed by atoms with Gasteiger partial charge in [0, 0.05) is 37.6 Å². The molecule has 2 aromatic heterocycles. The molecule has 17 heavy (non-hydrogen) atoms. The lowest BCUT2D eigenvalue weighted by molar-refractivity contribution is 0.0902. The molecule has 1 aliphatic rings. The summed E-state index contributed by atoms with van der Waals surface area (Å²) in [6.45, 7) is 6.99. The highest BCUT2D eigenvalue weighted by Crippen LogP contribution is 2.24. The fourth-order valence-electron chi connectivity index (χ4n) is 2.29. The van der Waals surface area contributed by atoms with E-state index in [-0.39, 0.29) is 0 Å². The largest absolute Gasteiger partial charge is 0.361 e. The summed E-state index contributed by atoms with van der Waals surface area (Å²) in [5, 5.41) is 8.24. The Balaban J connectivity index is 1.60. The Bertz CT molecular complexity index is 477. The average molecular weight is 232 g/mol. The van der Waals surface area contributed by atoms with Gasteiger partial charge in [0.05, 0.1) is 11.7 Å². The Morgan fingerprint density at radius 3 is 2.82 bits per heavy atom. The Morgan fingerprint density at radius 2 is 2.24 bits per heavy atom. The van der Waals surface area contributed by atoms with Crippen molar-refractivity contribution < 1.29 is 4.52 Å². The number of hydrogen-bond acceptors (Lipinski definition) is 4. The molecule has 0 saturated carbocycles. The van der Waals surface area contributed by atoms with Gasteiger partial charge in [-0.1, -0.05) is 5.16 Å². The van der Waals surface area contributed by atoms with E-state index in [9.17, 15) is 0 Å². The molecule has 0 unspecified atom stereocenters. The van der Waals surface area contributed by atoms with E-state index < -0.39 is 0 Å². The maximum atomic E-state index is 5.17. The highest BCUT2D eigenvalue weighted by Gasteiger charge is 2.29. The maximum Gasteiger partial charge on any atom is 0.138 e. The van der Waals surface area contributed by atoms with Crippen LogP contribution >= 0.6 is 0 Å². The number of likely N-dealkylation sites (tertiary alicyclic amines) is 1. The molecule has 90 valence electrons. The molecule has 1 fully saturated rings. The third kappa shape index (κ3) is 1.86. The molecule has 5 heteroatoms. The van der Waals surface area contributed by atoms with Crippen LogP contribution in [0.4, 0.5) is 0 Å². The number of aromatic nitrogens is 3. The predicted molar refractivity (Wildman–Crippen MR) is 62.5 cm³/mol. The zero-order valence-electron chi connectivity index (χ0n) is 10.1. The number of hydrogen-bond donors (Lipinski definition) is 0. The minimum atomic E-state index is 0.519. The van der Waals surface area contributed by atoms with Crippen molar-refractivity contribution in [3.8, 4) is 0 Å². The van der Waals surface area contributed by atoms with Crippen molar-refractivity contribution >= 4 is 0 Å². The Labute approximate surface area is 100 Å². The SMILES string of the molecule is Cc1noc(C)c1CN1CC(n2cccn2)C1. The van der Waals surface area contributed by atoms with Crippen molar-refractivity contribution in [2.24, 2.45) is 0 Å². The van der Waals surface area contributed by atoms with Gasteiger partial charge < -0.3 is 4.52 Å². The summed E-state index contributed by atoms with van der Waals surface area (Å²) >= 11 is 0. The third-order valence-corrected chi connectivity index (χ3v) is 3.40. The van der Waals surface area contributed by atoms with Crippen molar-refractivity contribution in [2.45, 2.75) is 26.4 Å². The lowest BCUT2D eigenvalue weighted by Crippen LogP contribution is -2.47. The summed E-state index contributed by atoms with van der Waals surface area (Å²) in [6, 6.07) is 2.49. The van der Waals surface area contributed by atoms with E-state index in [2.05, 4.69) is 15.2 Å². The number of aryl methyl sites for hydroxylation is 2. The first-order chi connectivity index (χ1) is 8.24. The van der Waals surface area contributed by atoms with Crippen LogP contribution in [0.5, 0.6) is 0 Å². The molecular weight excluding hydrogens is 216 g/mol. The summed E-state index contributed by atoms with van der Waals surface area (Å²) in [5.41, 5.74) is 2.23. The van der Waals surface area contributed by atoms with Crippen LogP contribution in [-0.4, -0.2) is 32.9 Å². The maximum absolute atomic E-state index is 5.17. The zero-order chi connectivity index (χ0) is 11.8. The highest BCUT2D eigenvalue weighted by atomic mass is 16.5. The van der Waals surface area contributed by atoms with E-state index >= 15 is 0 Å². The van der Waals surface area contributed by atoms with Gasteiger partial charge in [0.15, 0.2) is 0 Å². The standard InChI is InChI=1S/C12H16N4O/c1-9-12(10(2)17-14-9)8-15-6-11(7-15)16-5-3-4-13-16/h3-5,11H,6-8H2,1-2H3. The van der Waals surface area contributed by atoms with Crippen molar-refractivity contribution in [2.75, 3.05) is 13.1 Å². The molecule has 0 radical (unpaired) electrons. The van der Waals surface area contributed by atoms with Crippen molar-refractivity contribution in [3.05, 3.63) is 35.5 Å². The molecule has 0 N–H and O–H groups in total. The number of nitrogens with zero attached hydrogens (tertiary/aromatic N) is 4. The van der Waals surface area contributed by atoms with E-state index in [1.165, 1.54) is 5.56 Å². The number of rotatable bonds is 3. The van der Waals surface area contributed by atoms with Gasteiger partial charge in [-0.3, -0.25) is 9.58 Å². The summed E-state index contributed by atoms with van der Waals surface area (Å²) in [5.74, 6) is 0.935. The molecule has 0 bridgehead atoms. The van der Waals surface area contributed by atoms with Crippen LogP contribution in [0.3, 0.4) is 0 Å². The van der Waals surface area contributed by atoms with Crippen molar-refractivity contribution in [1.29, 1.82) is 0 Å². The van der Waals surface area contributed by atoms with Crippen LogP contribution < -0.4 is 0 Å². The monoisotopic (exact) mass is 232 g/mol. The Morgan fingerprint density at radius 1 is 1.41 bits per heavy atom. The van der Waals surface area contributed by atoms with Crippen LogP contribution in [0, 0.1) is 13.8 Å². The molecule has 1 aliphatic heterocycles. The molecule has 0 atom stereocenters. The lowest BCUT2D eigenvalue weighted by atomic mass is 10.1. The topological polar surface area (TPSA) is 47.1 Å². The molecule has 3 heterocycles. The van der Waals surface area contributed by atoms with Gasteiger partial charge in [0.25, 0.3) is 0 Å². The van der Waals surface area contributed by atoms with E-state index in [0.717, 1.165) is 31.1 Å². The van der Waals surface area contributed by atoms with Crippen LogP contribution in [-0.2, 0) is 6.54 Å². The highest BCUT2D eigenvalue weighted by molar-refractivity contribution is 5.21. The molecule has 5 nitrogen and oxygen atoms in total. The van der Waals surface area contributed by atoms with Gasteiger partial charge in [-0.25, -0.2) is 0 Å². The first kappa shape index (κ1) is 10.5. The summed E-state index contributed by atoms with van der Waals surface area (Å²) in [7, 11) is 0. The molecular formula is C12H16N4O. The van der Waals surface area contributed by atoms with Gasteiger partial charge in [-0.2, -0.15) is 5.10 Å². The first-order valence-corrected chi connectivity index (χ1v) is 5.87. The van der Waals surface area contributed by atoms with Gasteiger partial charge in [-0.05, 0) is 19.9 Å². The average Bonchev–Trinajstić information content (AvgIpc) is 2.85. The molecule has 0 aromatic carbocycles. The van der Waals surface area contributed by atoms with Crippen molar-refractivity contribution in [3.63, 3.8) is 0 Å². The van der Waals surface area contributed by atoms with Gasteiger partial charge in [0.2, 0.25) is 0 Å². The van der Waals surface area contributed by atoms with Crippen LogP contribution in [0.2, 0.25) is 0 Å². The molecule has 3 rings (SSSR count). The smallest absolute Gasteiger partial charge is 0.138 e. The Hall–Kier alpha value is -1.62. The Kier molecular flexibility index (Phi) is 2.48. The van der Waals surface area contributed by atoms with E-state index in [0.29, 0.717) is 6.04 Å².